The Kier molecular flexibility index (Phi) is 5.87. The number of carbonyl (C=O) groups excluding carboxylic acids is 1. The van der Waals surface area contributed by atoms with Crippen molar-refractivity contribution in [3.63, 3.8) is 0 Å². The van der Waals surface area contributed by atoms with Gasteiger partial charge in [-0.3, -0.25) is 4.79 Å². The summed E-state index contributed by atoms with van der Waals surface area (Å²) >= 11 is 0. The second-order valence-electron chi connectivity index (χ2n) is 5.58. The van der Waals surface area contributed by atoms with Crippen LogP contribution in [-0.2, 0) is 11.2 Å². The second kappa shape index (κ2) is 7.93. The number of allylic oxidation sites excluding steroid dienone is 2. The van der Waals surface area contributed by atoms with Crippen LogP contribution in [0.3, 0.4) is 0 Å². The van der Waals surface area contributed by atoms with Crippen molar-refractivity contribution in [2.45, 2.75) is 51.4 Å². The standard InChI is InChI=1S/C18H24O/c19-18-12-6-4-10-17(11-5-7-13-18)15-14-16-8-2-1-3-9-16/h1-3,6,8-9,12,17H,4-5,7,10-11,13-15H2. The Labute approximate surface area is 116 Å². The Bertz CT molecular complexity index is 405. The molecule has 0 saturated carbocycles. The van der Waals surface area contributed by atoms with Gasteiger partial charge in [-0.25, -0.2) is 0 Å². The van der Waals surface area contributed by atoms with E-state index < -0.39 is 0 Å². The molecule has 0 heterocycles. The lowest BCUT2D eigenvalue weighted by atomic mass is 9.89. The monoisotopic (exact) mass is 256 g/mol. The van der Waals surface area contributed by atoms with E-state index in [2.05, 4.69) is 36.4 Å². The Balaban J connectivity index is 1.81. The summed E-state index contributed by atoms with van der Waals surface area (Å²) in [6, 6.07) is 10.8. The van der Waals surface area contributed by atoms with E-state index in [1.54, 1.807) is 6.08 Å². The van der Waals surface area contributed by atoms with Crippen LogP contribution in [0.5, 0.6) is 0 Å². The minimum Gasteiger partial charge on any atom is -0.295 e. The number of hydrogen-bond acceptors (Lipinski definition) is 1. The maximum absolute atomic E-state index is 11.4. The fourth-order valence-electron chi connectivity index (χ4n) is 2.81. The third-order valence-electron chi connectivity index (χ3n) is 4.01. The summed E-state index contributed by atoms with van der Waals surface area (Å²) in [4.78, 5) is 11.4. The topological polar surface area (TPSA) is 17.1 Å². The van der Waals surface area contributed by atoms with Gasteiger partial charge in [0, 0.05) is 6.42 Å². The fraction of sp³-hybridized carbons (Fsp3) is 0.500. The number of aryl methyl sites for hydroxylation is 1. The highest BCUT2D eigenvalue weighted by atomic mass is 16.1. The molecular weight excluding hydrogens is 232 g/mol. The summed E-state index contributed by atoms with van der Waals surface area (Å²) in [5.74, 6) is 1.13. The zero-order valence-corrected chi connectivity index (χ0v) is 11.7. The van der Waals surface area contributed by atoms with Crippen LogP contribution >= 0.6 is 0 Å². The second-order valence-corrected chi connectivity index (χ2v) is 5.58. The van der Waals surface area contributed by atoms with Crippen molar-refractivity contribution < 1.29 is 4.79 Å². The van der Waals surface area contributed by atoms with Gasteiger partial charge in [0.05, 0.1) is 0 Å². The van der Waals surface area contributed by atoms with Gasteiger partial charge < -0.3 is 0 Å². The quantitative estimate of drug-likeness (QED) is 0.765. The lowest BCUT2D eigenvalue weighted by Crippen LogP contribution is -2.05. The van der Waals surface area contributed by atoms with Crippen LogP contribution < -0.4 is 0 Å². The van der Waals surface area contributed by atoms with Crippen molar-refractivity contribution in [1.82, 2.24) is 0 Å². The van der Waals surface area contributed by atoms with Crippen molar-refractivity contribution >= 4 is 5.78 Å². The molecule has 0 radical (unpaired) electrons. The largest absolute Gasteiger partial charge is 0.295 e. The Hall–Kier alpha value is -1.37. The van der Waals surface area contributed by atoms with E-state index in [0.29, 0.717) is 5.78 Å². The molecular formula is C18H24O. The summed E-state index contributed by atoms with van der Waals surface area (Å²) < 4.78 is 0. The minimum absolute atomic E-state index is 0.308. The molecule has 1 nitrogen and oxygen atoms in total. The number of benzene rings is 1. The molecule has 1 aromatic carbocycles. The number of ketones is 1. The molecule has 0 aromatic heterocycles. The van der Waals surface area contributed by atoms with Crippen LogP contribution in [0, 0.1) is 5.92 Å². The third-order valence-corrected chi connectivity index (χ3v) is 4.01. The molecule has 1 atom stereocenters. The normalized spacial score (nSPS) is 21.3. The molecule has 0 spiro atoms. The van der Waals surface area contributed by atoms with Crippen molar-refractivity contribution in [1.29, 1.82) is 0 Å². The molecule has 0 fully saturated rings. The summed E-state index contributed by atoms with van der Waals surface area (Å²) in [7, 11) is 0. The maximum Gasteiger partial charge on any atom is 0.155 e. The smallest absolute Gasteiger partial charge is 0.155 e. The van der Waals surface area contributed by atoms with Crippen LogP contribution in [0.1, 0.15) is 50.5 Å². The van der Waals surface area contributed by atoms with Crippen LogP contribution in [0.2, 0.25) is 0 Å². The molecule has 0 amide bonds. The minimum atomic E-state index is 0.308. The Morgan fingerprint density at radius 3 is 2.74 bits per heavy atom. The first-order valence-electron chi connectivity index (χ1n) is 7.58. The van der Waals surface area contributed by atoms with Crippen molar-refractivity contribution in [3.05, 3.63) is 48.0 Å². The van der Waals surface area contributed by atoms with E-state index in [4.69, 9.17) is 0 Å². The highest BCUT2D eigenvalue weighted by Crippen LogP contribution is 2.23. The lowest BCUT2D eigenvalue weighted by Gasteiger charge is -2.16. The predicted octanol–water partition coefficient (Wildman–Crippen LogP) is 4.71. The molecule has 1 heteroatoms. The van der Waals surface area contributed by atoms with Crippen molar-refractivity contribution in [2.75, 3.05) is 0 Å². The van der Waals surface area contributed by atoms with Gasteiger partial charge in [0.25, 0.3) is 0 Å². The molecule has 1 unspecified atom stereocenters. The van der Waals surface area contributed by atoms with Gasteiger partial charge in [-0.1, -0.05) is 49.2 Å². The SMILES string of the molecule is O=C1C=CCCC(CCc2ccccc2)CCCC1. The molecule has 1 aliphatic carbocycles. The molecule has 0 N–H and O–H groups in total. The summed E-state index contributed by atoms with van der Waals surface area (Å²) in [5.41, 5.74) is 1.45. The maximum atomic E-state index is 11.4. The Morgan fingerprint density at radius 1 is 1.05 bits per heavy atom. The number of carbonyl (C=O) groups is 1. The molecule has 1 aliphatic rings. The Morgan fingerprint density at radius 2 is 1.89 bits per heavy atom. The third kappa shape index (κ3) is 5.42. The van der Waals surface area contributed by atoms with Gasteiger partial charge in [0.1, 0.15) is 0 Å². The van der Waals surface area contributed by atoms with E-state index in [1.165, 1.54) is 37.7 Å². The van der Waals surface area contributed by atoms with Gasteiger partial charge in [-0.2, -0.15) is 0 Å². The van der Waals surface area contributed by atoms with E-state index >= 15 is 0 Å². The van der Waals surface area contributed by atoms with E-state index in [-0.39, 0.29) is 0 Å². The summed E-state index contributed by atoms with van der Waals surface area (Å²) in [6.07, 6.45) is 12.9. The van der Waals surface area contributed by atoms with Gasteiger partial charge in [-0.15, -0.1) is 0 Å². The average molecular weight is 256 g/mol. The summed E-state index contributed by atoms with van der Waals surface area (Å²) in [5, 5.41) is 0. The van der Waals surface area contributed by atoms with Crippen LogP contribution in [0.25, 0.3) is 0 Å². The molecule has 0 bridgehead atoms. The van der Waals surface area contributed by atoms with E-state index in [0.717, 1.165) is 25.2 Å². The zero-order valence-electron chi connectivity index (χ0n) is 11.7. The average Bonchev–Trinajstić information content (AvgIpc) is 2.45. The molecule has 2 rings (SSSR count). The van der Waals surface area contributed by atoms with E-state index in [9.17, 15) is 4.79 Å². The van der Waals surface area contributed by atoms with Gasteiger partial charge >= 0.3 is 0 Å². The van der Waals surface area contributed by atoms with E-state index in [1.807, 2.05) is 0 Å². The molecule has 1 aromatic rings. The zero-order chi connectivity index (χ0) is 13.3. The van der Waals surface area contributed by atoms with Gasteiger partial charge in [-0.05, 0) is 49.7 Å². The number of hydrogen-bond donors (Lipinski definition) is 0. The lowest BCUT2D eigenvalue weighted by molar-refractivity contribution is -0.114. The molecule has 0 aliphatic heterocycles. The summed E-state index contributed by atoms with van der Waals surface area (Å²) in [6.45, 7) is 0. The molecule has 0 saturated heterocycles. The highest BCUT2D eigenvalue weighted by Gasteiger charge is 2.10. The highest BCUT2D eigenvalue weighted by molar-refractivity contribution is 5.89. The van der Waals surface area contributed by atoms with Gasteiger partial charge in [0.15, 0.2) is 5.78 Å². The molecule has 102 valence electrons. The van der Waals surface area contributed by atoms with Crippen molar-refractivity contribution in [2.24, 2.45) is 5.92 Å². The molecule has 19 heavy (non-hydrogen) atoms. The fourth-order valence-corrected chi connectivity index (χ4v) is 2.81. The first-order valence-corrected chi connectivity index (χ1v) is 7.58. The van der Waals surface area contributed by atoms with Crippen LogP contribution in [0.4, 0.5) is 0 Å². The predicted molar refractivity (Wildman–Crippen MR) is 80.1 cm³/mol. The van der Waals surface area contributed by atoms with Gasteiger partial charge in [0.2, 0.25) is 0 Å². The number of rotatable bonds is 3. The van der Waals surface area contributed by atoms with Crippen molar-refractivity contribution in [3.8, 4) is 0 Å². The van der Waals surface area contributed by atoms with Crippen LogP contribution in [-0.4, -0.2) is 5.78 Å². The first kappa shape index (κ1) is 14.0. The first-order chi connectivity index (χ1) is 9.34. The van der Waals surface area contributed by atoms with Crippen LogP contribution in [0.15, 0.2) is 42.5 Å².